The minimum atomic E-state index is -2.89. The molecule has 26 heavy (non-hydrogen) atoms. The molecule has 0 radical (unpaired) electrons. The van der Waals surface area contributed by atoms with E-state index in [1.165, 1.54) is 12.8 Å². The normalized spacial score (nSPS) is 21.5. The van der Waals surface area contributed by atoms with Gasteiger partial charge in [0.25, 0.3) is 8.32 Å². The van der Waals surface area contributed by atoms with Crippen LogP contribution in [0.15, 0.2) is 60.7 Å². The smallest absolute Gasteiger partial charge is 0.258 e. The van der Waals surface area contributed by atoms with E-state index in [2.05, 4.69) is 38.1 Å². The maximum absolute atomic E-state index is 12.2. The first-order valence-electron chi connectivity index (χ1n) is 9.91. The van der Waals surface area contributed by atoms with E-state index in [-0.39, 0.29) is 5.04 Å². The highest BCUT2D eigenvalue weighted by molar-refractivity contribution is 6.98. The standard InChI is InChI=1S/C23H32O2Si/c1-23(2,17-19-13-15-20(18-24)16-14-19)26(25,21-9-5-3-6-10-21)22-11-7-4-8-12-22/h3-12,19-20,24-25H,13-18H2,1-2H3. The fourth-order valence-corrected chi connectivity index (χ4v) is 8.62. The fraction of sp³-hybridized carbons (Fsp3) is 0.478. The Balaban J connectivity index is 1.91. The van der Waals surface area contributed by atoms with E-state index < -0.39 is 8.32 Å². The molecule has 0 amide bonds. The number of rotatable bonds is 6. The van der Waals surface area contributed by atoms with Crippen molar-refractivity contribution in [2.75, 3.05) is 6.61 Å². The summed E-state index contributed by atoms with van der Waals surface area (Å²) in [6.07, 6.45) is 5.62. The average molecular weight is 369 g/mol. The van der Waals surface area contributed by atoms with Crippen LogP contribution in [0.1, 0.15) is 46.0 Å². The molecular weight excluding hydrogens is 336 g/mol. The molecule has 0 unspecified atom stereocenters. The Morgan fingerprint density at radius 1 is 0.808 bits per heavy atom. The van der Waals surface area contributed by atoms with Gasteiger partial charge in [-0.3, -0.25) is 0 Å². The maximum Gasteiger partial charge on any atom is 0.258 e. The average Bonchev–Trinajstić information content (AvgIpc) is 2.69. The summed E-state index contributed by atoms with van der Waals surface area (Å²) in [6, 6.07) is 20.6. The lowest BCUT2D eigenvalue weighted by Gasteiger charge is -2.44. The van der Waals surface area contributed by atoms with Gasteiger partial charge < -0.3 is 9.90 Å². The maximum atomic E-state index is 12.2. The van der Waals surface area contributed by atoms with Gasteiger partial charge in [0.2, 0.25) is 0 Å². The Labute approximate surface area is 159 Å². The highest BCUT2D eigenvalue weighted by atomic mass is 28.4. The lowest BCUT2D eigenvalue weighted by Crippen LogP contribution is -2.65. The first kappa shape index (κ1) is 19.3. The van der Waals surface area contributed by atoms with Crippen molar-refractivity contribution in [1.82, 2.24) is 0 Å². The molecule has 2 nitrogen and oxygen atoms in total. The largest absolute Gasteiger partial charge is 0.424 e. The number of aliphatic hydroxyl groups is 1. The van der Waals surface area contributed by atoms with Crippen LogP contribution in [0.3, 0.4) is 0 Å². The molecule has 2 N–H and O–H groups in total. The van der Waals surface area contributed by atoms with Crippen molar-refractivity contribution in [1.29, 1.82) is 0 Å². The predicted molar refractivity (Wildman–Crippen MR) is 111 cm³/mol. The molecular formula is C23H32O2Si. The molecule has 0 saturated heterocycles. The topological polar surface area (TPSA) is 40.5 Å². The molecule has 140 valence electrons. The van der Waals surface area contributed by atoms with Crippen LogP contribution in [0.25, 0.3) is 0 Å². The van der Waals surface area contributed by atoms with Crippen LogP contribution < -0.4 is 10.4 Å². The second-order valence-electron chi connectivity index (χ2n) is 8.60. The van der Waals surface area contributed by atoms with Crippen LogP contribution >= 0.6 is 0 Å². The summed E-state index contributed by atoms with van der Waals surface area (Å²) in [6.45, 7) is 4.84. The number of hydrogen-bond donors (Lipinski definition) is 2. The van der Waals surface area contributed by atoms with Crippen molar-refractivity contribution in [2.45, 2.75) is 51.0 Å². The summed E-state index contributed by atoms with van der Waals surface area (Å²) < 4.78 is 0. The monoisotopic (exact) mass is 368 g/mol. The third-order valence-electron chi connectivity index (χ3n) is 6.39. The Kier molecular flexibility index (Phi) is 6.01. The highest BCUT2D eigenvalue weighted by Gasteiger charge is 2.50. The number of aliphatic hydroxyl groups excluding tert-OH is 1. The molecule has 0 aromatic heterocycles. The minimum Gasteiger partial charge on any atom is -0.424 e. The third-order valence-corrected chi connectivity index (χ3v) is 10.9. The van der Waals surface area contributed by atoms with Gasteiger partial charge >= 0.3 is 0 Å². The van der Waals surface area contributed by atoms with Crippen LogP contribution in [0.2, 0.25) is 5.04 Å². The first-order valence-corrected chi connectivity index (χ1v) is 11.9. The van der Waals surface area contributed by atoms with Crippen LogP contribution in [0.5, 0.6) is 0 Å². The van der Waals surface area contributed by atoms with Crippen LogP contribution in [0.4, 0.5) is 0 Å². The van der Waals surface area contributed by atoms with Gasteiger partial charge in [0.1, 0.15) is 0 Å². The van der Waals surface area contributed by atoms with E-state index in [1.54, 1.807) is 0 Å². The first-order chi connectivity index (χ1) is 12.5. The van der Waals surface area contributed by atoms with Gasteiger partial charge in [-0.15, -0.1) is 0 Å². The van der Waals surface area contributed by atoms with Gasteiger partial charge in [0, 0.05) is 6.61 Å². The fourth-order valence-electron chi connectivity index (χ4n) is 4.79. The Morgan fingerprint density at radius 2 is 1.23 bits per heavy atom. The van der Waals surface area contributed by atoms with E-state index in [9.17, 15) is 9.90 Å². The van der Waals surface area contributed by atoms with E-state index in [1.807, 2.05) is 36.4 Å². The molecule has 1 aliphatic rings. The van der Waals surface area contributed by atoms with Gasteiger partial charge in [-0.1, -0.05) is 87.4 Å². The van der Waals surface area contributed by atoms with Crippen molar-refractivity contribution >= 4 is 18.7 Å². The molecule has 1 saturated carbocycles. The van der Waals surface area contributed by atoms with Gasteiger partial charge in [-0.2, -0.15) is 0 Å². The van der Waals surface area contributed by atoms with E-state index in [4.69, 9.17) is 0 Å². The summed E-state index contributed by atoms with van der Waals surface area (Å²) >= 11 is 0. The SMILES string of the molecule is CC(C)(CC1CCC(CO)CC1)[Si](O)(c1ccccc1)c1ccccc1. The van der Waals surface area contributed by atoms with Crippen LogP contribution in [0, 0.1) is 11.8 Å². The molecule has 0 aliphatic heterocycles. The lowest BCUT2D eigenvalue weighted by molar-refractivity contribution is 0.159. The number of benzene rings is 2. The summed E-state index contributed by atoms with van der Waals surface area (Å²) in [5.41, 5.74) is 0. The molecule has 2 aromatic carbocycles. The second kappa shape index (κ2) is 8.08. The second-order valence-corrected chi connectivity index (χ2v) is 12.5. The van der Waals surface area contributed by atoms with Gasteiger partial charge in [0.15, 0.2) is 0 Å². The van der Waals surface area contributed by atoms with Gasteiger partial charge in [-0.25, -0.2) is 0 Å². The summed E-state index contributed by atoms with van der Waals surface area (Å²) in [4.78, 5) is 12.2. The molecule has 3 rings (SSSR count). The molecule has 0 spiro atoms. The molecule has 0 bridgehead atoms. The quantitative estimate of drug-likeness (QED) is 0.763. The zero-order valence-corrected chi connectivity index (χ0v) is 17.1. The van der Waals surface area contributed by atoms with Crippen LogP contribution in [-0.2, 0) is 0 Å². The Bertz CT molecular complexity index is 636. The lowest BCUT2D eigenvalue weighted by atomic mass is 9.78. The summed E-state index contributed by atoms with van der Waals surface area (Å²) in [5, 5.41) is 11.4. The highest BCUT2D eigenvalue weighted by Crippen LogP contribution is 2.45. The Hall–Kier alpha value is -1.42. The van der Waals surface area contributed by atoms with Crippen molar-refractivity contribution in [3.8, 4) is 0 Å². The Morgan fingerprint density at radius 3 is 1.65 bits per heavy atom. The van der Waals surface area contributed by atoms with Crippen molar-refractivity contribution in [3.63, 3.8) is 0 Å². The van der Waals surface area contributed by atoms with E-state index in [0.29, 0.717) is 18.4 Å². The van der Waals surface area contributed by atoms with Crippen LogP contribution in [-0.4, -0.2) is 24.8 Å². The van der Waals surface area contributed by atoms with E-state index in [0.717, 1.165) is 29.6 Å². The number of hydrogen-bond acceptors (Lipinski definition) is 2. The third kappa shape index (κ3) is 3.80. The minimum absolute atomic E-state index is 0.160. The van der Waals surface area contributed by atoms with Crippen molar-refractivity contribution < 1.29 is 9.90 Å². The predicted octanol–water partition coefficient (Wildman–Crippen LogP) is 3.71. The zero-order valence-electron chi connectivity index (χ0n) is 16.1. The summed E-state index contributed by atoms with van der Waals surface area (Å²) in [7, 11) is -2.89. The molecule has 3 heteroatoms. The molecule has 1 fully saturated rings. The van der Waals surface area contributed by atoms with Crippen molar-refractivity contribution in [3.05, 3.63) is 60.7 Å². The van der Waals surface area contributed by atoms with Crippen molar-refractivity contribution in [2.24, 2.45) is 11.8 Å². The molecule has 2 aromatic rings. The van der Waals surface area contributed by atoms with Gasteiger partial charge in [0.05, 0.1) is 0 Å². The molecule has 1 aliphatic carbocycles. The summed E-state index contributed by atoms with van der Waals surface area (Å²) in [5.74, 6) is 1.12. The van der Waals surface area contributed by atoms with Gasteiger partial charge in [-0.05, 0) is 46.5 Å². The zero-order chi connectivity index (χ0) is 18.6. The molecule has 0 heterocycles. The van der Waals surface area contributed by atoms with E-state index >= 15 is 0 Å². The molecule has 0 atom stereocenters.